The molecule has 0 aliphatic carbocycles. The van der Waals surface area contributed by atoms with E-state index in [1.165, 1.54) is 15.9 Å². The van der Waals surface area contributed by atoms with Crippen LogP contribution in [0.3, 0.4) is 0 Å². The van der Waals surface area contributed by atoms with E-state index in [-0.39, 0.29) is 16.8 Å². The number of hydrogen-bond acceptors (Lipinski definition) is 6. The molecule has 2 atom stereocenters. The van der Waals surface area contributed by atoms with Crippen molar-refractivity contribution in [1.29, 1.82) is 0 Å². The lowest BCUT2D eigenvalue weighted by Crippen LogP contribution is -2.49. The van der Waals surface area contributed by atoms with Gasteiger partial charge in [-0.3, -0.25) is 14.7 Å². The Hall–Kier alpha value is -1.96. The van der Waals surface area contributed by atoms with Crippen LogP contribution in [-0.2, 0) is 11.2 Å². The first-order valence-corrected chi connectivity index (χ1v) is 12.2. The Morgan fingerprint density at radius 1 is 1.22 bits per heavy atom. The fraction of sp³-hybridized carbons (Fsp3) is 0.625. The highest BCUT2D eigenvalue weighted by atomic mass is 35.5. The minimum absolute atomic E-state index is 0.239. The van der Waals surface area contributed by atoms with Crippen molar-refractivity contribution in [2.45, 2.75) is 58.7 Å². The van der Waals surface area contributed by atoms with Crippen molar-refractivity contribution in [3.05, 3.63) is 51.2 Å². The van der Waals surface area contributed by atoms with E-state index in [2.05, 4.69) is 46.7 Å². The standard InChI is InChI=1S/C24H34ClN5O2/c1-4-19-18(8-7-10-26-19)23(17(2)3)29-13-11-28(12-14-29)20-16-27-30(24(31)22(20)25)21-9-5-6-15-32-21/h7-8,10,16-17,21,23H,4-6,9,11-15H2,1-3H3/t21?,23-/m1/s1. The van der Waals surface area contributed by atoms with E-state index >= 15 is 0 Å². The number of ether oxygens (including phenoxy) is 1. The summed E-state index contributed by atoms with van der Waals surface area (Å²) in [6.45, 7) is 10.8. The second kappa shape index (κ2) is 10.3. The maximum atomic E-state index is 12.9. The average molecular weight is 460 g/mol. The Kier molecular flexibility index (Phi) is 7.48. The molecule has 2 aromatic heterocycles. The van der Waals surface area contributed by atoms with Crippen LogP contribution >= 0.6 is 11.6 Å². The number of piperazine rings is 1. The number of pyridine rings is 1. The molecule has 0 N–H and O–H groups in total. The number of anilines is 1. The van der Waals surface area contributed by atoms with Crippen LogP contribution in [-0.4, -0.2) is 52.5 Å². The van der Waals surface area contributed by atoms with Crippen molar-refractivity contribution in [3.8, 4) is 0 Å². The van der Waals surface area contributed by atoms with E-state index in [4.69, 9.17) is 16.3 Å². The number of halogens is 1. The van der Waals surface area contributed by atoms with Crippen LogP contribution in [0.2, 0.25) is 5.02 Å². The number of nitrogens with zero attached hydrogens (tertiary/aromatic N) is 5. The van der Waals surface area contributed by atoms with Gasteiger partial charge in [-0.05, 0) is 43.2 Å². The zero-order chi connectivity index (χ0) is 22.7. The summed E-state index contributed by atoms with van der Waals surface area (Å²) in [4.78, 5) is 22.2. The zero-order valence-electron chi connectivity index (χ0n) is 19.3. The maximum Gasteiger partial charge on any atom is 0.290 e. The Morgan fingerprint density at radius 3 is 2.66 bits per heavy atom. The van der Waals surface area contributed by atoms with Crippen molar-refractivity contribution in [3.63, 3.8) is 0 Å². The molecule has 2 aliphatic rings. The van der Waals surface area contributed by atoms with Gasteiger partial charge in [0, 0.05) is 50.7 Å². The van der Waals surface area contributed by atoms with Crippen LogP contribution in [0.4, 0.5) is 5.69 Å². The van der Waals surface area contributed by atoms with Crippen LogP contribution in [0.25, 0.3) is 0 Å². The minimum atomic E-state index is -0.307. The molecule has 0 saturated carbocycles. The summed E-state index contributed by atoms with van der Waals surface area (Å²) in [6, 6.07) is 4.58. The van der Waals surface area contributed by atoms with Gasteiger partial charge < -0.3 is 9.64 Å². The van der Waals surface area contributed by atoms with Gasteiger partial charge in [0.2, 0.25) is 0 Å². The lowest BCUT2D eigenvalue weighted by molar-refractivity contribution is -0.0424. The highest BCUT2D eigenvalue weighted by Gasteiger charge is 2.30. The van der Waals surface area contributed by atoms with E-state index < -0.39 is 0 Å². The van der Waals surface area contributed by atoms with E-state index in [0.29, 0.717) is 18.6 Å². The predicted octanol–water partition coefficient (Wildman–Crippen LogP) is 4.07. The topological polar surface area (TPSA) is 63.5 Å². The zero-order valence-corrected chi connectivity index (χ0v) is 20.1. The summed E-state index contributed by atoms with van der Waals surface area (Å²) in [6.07, 6.45) is 7.10. The van der Waals surface area contributed by atoms with E-state index in [9.17, 15) is 4.79 Å². The molecule has 2 aliphatic heterocycles. The van der Waals surface area contributed by atoms with E-state index in [0.717, 1.165) is 57.5 Å². The second-order valence-corrected chi connectivity index (χ2v) is 9.40. The summed E-state index contributed by atoms with van der Waals surface area (Å²) in [5, 5.41) is 4.66. The van der Waals surface area contributed by atoms with Gasteiger partial charge in [0.05, 0.1) is 11.9 Å². The molecule has 0 bridgehead atoms. The summed E-state index contributed by atoms with van der Waals surface area (Å²) in [7, 11) is 0. The largest absolute Gasteiger partial charge is 0.366 e. The van der Waals surface area contributed by atoms with Crippen LogP contribution in [0.5, 0.6) is 0 Å². The van der Waals surface area contributed by atoms with Crippen LogP contribution in [0.15, 0.2) is 29.3 Å². The highest BCUT2D eigenvalue weighted by molar-refractivity contribution is 6.33. The molecule has 0 amide bonds. The molecular weight excluding hydrogens is 426 g/mol. The van der Waals surface area contributed by atoms with Gasteiger partial charge in [0.1, 0.15) is 5.02 Å². The first kappa shape index (κ1) is 23.2. The molecule has 4 heterocycles. The first-order chi connectivity index (χ1) is 15.5. The molecule has 0 aromatic carbocycles. The Morgan fingerprint density at radius 2 is 2.00 bits per heavy atom. The SMILES string of the molecule is CCc1ncccc1[C@@H](C(C)C)N1CCN(c2cnn(C3CCCCO3)c(=O)c2Cl)CC1. The normalized spacial score (nSPS) is 21.2. The molecule has 2 saturated heterocycles. The van der Waals surface area contributed by atoms with Gasteiger partial charge in [0.25, 0.3) is 5.56 Å². The van der Waals surface area contributed by atoms with Gasteiger partial charge in [0.15, 0.2) is 6.23 Å². The third-order valence-corrected chi connectivity index (χ3v) is 6.97. The predicted molar refractivity (Wildman–Crippen MR) is 127 cm³/mol. The smallest absolute Gasteiger partial charge is 0.290 e. The van der Waals surface area contributed by atoms with Crippen LogP contribution in [0.1, 0.15) is 63.6 Å². The summed E-state index contributed by atoms with van der Waals surface area (Å²) in [5.74, 6) is 0.473. The van der Waals surface area contributed by atoms with Crippen molar-refractivity contribution in [2.24, 2.45) is 5.92 Å². The van der Waals surface area contributed by atoms with E-state index in [1.807, 2.05) is 12.3 Å². The summed E-state index contributed by atoms with van der Waals surface area (Å²) >= 11 is 6.54. The molecule has 0 spiro atoms. The molecule has 2 fully saturated rings. The molecule has 0 radical (unpaired) electrons. The molecule has 1 unspecified atom stereocenters. The fourth-order valence-electron chi connectivity index (χ4n) is 5.01. The lowest BCUT2D eigenvalue weighted by Gasteiger charge is -2.42. The average Bonchev–Trinajstić information content (AvgIpc) is 2.82. The quantitative estimate of drug-likeness (QED) is 0.648. The minimum Gasteiger partial charge on any atom is -0.366 e. The number of aromatic nitrogens is 3. The van der Waals surface area contributed by atoms with Crippen LogP contribution < -0.4 is 10.5 Å². The van der Waals surface area contributed by atoms with Crippen molar-refractivity contribution >= 4 is 17.3 Å². The summed E-state index contributed by atoms with van der Waals surface area (Å²) in [5.41, 5.74) is 2.96. The molecule has 32 heavy (non-hydrogen) atoms. The van der Waals surface area contributed by atoms with E-state index in [1.54, 1.807) is 6.20 Å². The fourth-order valence-corrected chi connectivity index (χ4v) is 5.27. The molecular formula is C24H34ClN5O2. The Balaban J connectivity index is 1.49. The van der Waals surface area contributed by atoms with Gasteiger partial charge in [-0.25, -0.2) is 0 Å². The van der Waals surface area contributed by atoms with Crippen molar-refractivity contribution < 1.29 is 4.74 Å². The second-order valence-electron chi connectivity index (χ2n) is 9.02. The monoisotopic (exact) mass is 459 g/mol. The Labute approximate surface area is 195 Å². The number of rotatable bonds is 6. The van der Waals surface area contributed by atoms with Crippen molar-refractivity contribution in [1.82, 2.24) is 19.7 Å². The third-order valence-electron chi connectivity index (χ3n) is 6.61. The molecule has 174 valence electrons. The number of hydrogen-bond donors (Lipinski definition) is 0. The molecule has 8 heteroatoms. The van der Waals surface area contributed by atoms with Gasteiger partial charge in [-0.2, -0.15) is 9.78 Å². The van der Waals surface area contributed by atoms with Crippen LogP contribution in [0, 0.1) is 5.92 Å². The van der Waals surface area contributed by atoms with Gasteiger partial charge in [-0.1, -0.05) is 38.4 Å². The molecule has 2 aromatic rings. The maximum absolute atomic E-state index is 12.9. The lowest BCUT2D eigenvalue weighted by atomic mass is 9.92. The Bertz CT molecular complexity index is 965. The van der Waals surface area contributed by atoms with Gasteiger partial charge >= 0.3 is 0 Å². The number of aryl methyl sites for hydroxylation is 1. The molecule has 7 nitrogen and oxygen atoms in total. The van der Waals surface area contributed by atoms with Crippen molar-refractivity contribution in [2.75, 3.05) is 37.7 Å². The highest BCUT2D eigenvalue weighted by Crippen LogP contribution is 2.33. The third kappa shape index (κ3) is 4.70. The summed E-state index contributed by atoms with van der Waals surface area (Å²) < 4.78 is 7.13. The molecule has 4 rings (SSSR count). The van der Waals surface area contributed by atoms with Gasteiger partial charge in [-0.15, -0.1) is 0 Å². The first-order valence-electron chi connectivity index (χ1n) is 11.8.